The van der Waals surface area contributed by atoms with Gasteiger partial charge in [0.05, 0.1) is 0 Å². The molecule has 1 fully saturated rings. The lowest BCUT2D eigenvalue weighted by Gasteiger charge is -2.11. The first kappa shape index (κ1) is 13.2. The minimum atomic E-state index is -0.737. The van der Waals surface area contributed by atoms with E-state index in [1.54, 1.807) is 24.3 Å². The van der Waals surface area contributed by atoms with Gasteiger partial charge in [-0.2, -0.15) is 0 Å². The quantitative estimate of drug-likeness (QED) is 0.855. The number of hydrogen-bond donors (Lipinski definition) is 1. The topological polar surface area (TPSA) is 88.9 Å². The fourth-order valence-corrected chi connectivity index (χ4v) is 2.07. The van der Waals surface area contributed by atoms with Gasteiger partial charge in [-0.1, -0.05) is 18.2 Å². The number of rotatable bonds is 3. The largest absolute Gasteiger partial charge is 0.450 e. The number of furan rings is 1. The highest BCUT2D eigenvalue weighted by molar-refractivity contribution is 5.98. The Morgan fingerprint density at radius 2 is 2.14 bits per heavy atom. The Morgan fingerprint density at radius 3 is 2.86 bits per heavy atom. The van der Waals surface area contributed by atoms with Crippen molar-refractivity contribution in [2.45, 2.75) is 0 Å². The number of nitrogens with one attached hydrogen (secondary N) is 1. The zero-order valence-electron chi connectivity index (χ0n) is 11.0. The van der Waals surface area contributed by atoms with E-state index in [2.05, 4.69) is 5.32 Å². The number of carbonyl (C=O) groups excluding carboxylic acids is 3. The summed E-state index contributed by atoms with van der Waals surface area (Å²) in [5.41, 5.74) is 0.565. The maximum absolute atomic E-state index is 11.8. The minimum Gasteiger partial charge on any atom is -0.450 e. The molecule has 7 heteroatoms. The summed E-state index contributed by atoms with van der Waals surface area (Å²) in [6, 6.07) is 8.21. The molecule has 7 nitrogen and oxygen atoms in total. The van der Waals surface area contributed by atoms with Gasteiger partial charge < -0.3 is 14.5 Å². The first-order valence-electron chi connectivity index (χ1n) is 6.39. The smallest absolute Gasteiger partial charge is 0.374 e. The molecule has 0 unspecified atom stereocenters. The zero-order chi connectivity index (χ0) is 14.8. The van der Waals surface area contributed by atoms with Crippen LogP contribution in [0.5, 0.6) is 0 Å². The van der Waals surface area contributed by atoms with Gasteiger partial charge in [0, 0.05) is 18.5 Å². The van der Waals surface area contributed by atoms with Crippen molar-refractivity contribution in [3.63, 3.8) is 0 Å². The van der Waals surface area contributed by atoms with Crippen molar-refractivity contribution in [1.82, 2.24) is 10.2 Å². The highest BCUT2D eigenvalue weighted by Crippen LogP contribution is 2.19. The molecule has 2 heterocycles. The Kier molecular flexibility index (Phi) is 3.31. The summed E-state index contributed by atoms with van der Waals surface area (Å²) < 4.78 is 10.2. The molecule has 0 saturated carbocycles. The van der Waals surface area contributed by atoms with E-state index in [1.807, 2.05) is 6.07 Å². The molecule has 1 aliphatic heterocycles. The van der Waals surface area contributed by atoms with Crippen LogP contribution in [0.4, 0.5) is 4.79 Å². The van der Waals surface area contributed by atoms with Crippen LogP contribution >= 0.6 is 0 Å². The van der Waals surface area contributed by atoms with E-state index >= 15 is 0 Å². The van der Waals surface area contributed by atoms with Gasteiger partial charge in [-0.15, -0.1) is 0 Å². The molecular weight excluding hydrogens is 276 g/mol. The molecule has 1 saturated heterocycles. The molecule has 108 valence electrons. The lowest BCUT2D eigenvalue weighted by molar-refractivity contribution is -0.130. The number of esters is 1. The third-order valence-corrected chi connectivity index (χ3v) is 3.11. The predicted molar refractivity (Wildman–Crippen MR) is 71.6 cm³/mol. The van der Waals surface area contributed by atoms with E-state index in [4.69, 9.17) is 9.15 Å². The highest BCUT2D eigenvalue weighted by atomic mass is 16.5. The number of carbonyl (C=O) groups is 3. The summed E-state index contributed by atoms with van der Waals surface area (Å²) in [7, 11) is 0. The van der Waals surface area contributed by atoms with Gasteiger partial charge in [-0.3, -0.25) is 9.69 Å². The van der Waals surface area contributed by atoms with Crippen LogP contribution in [0.3, 0.4) is 0 Å². The van der Waals surface area contributed by atoms with Crippen molar-refractivity contribution in [3.8, 4) is 0 Å². The maximum atomic E-state index is 11.8. The van der Waals surface area contributed by atoms with Crippen LogP contribution in [-0.2, 0) is 9.53 Å². The summed E-state index contributed by atoms with van der Waals surface area (Å²) in [6.45, 7) is 0.186. The average molecular weight is 288 g/mol. The number of imide groups is 1. The third-order valence-electron chi connectivity index (χ3n) is 3.11. The number of hydrogen-bond acceptors (Lipinski definition) is 5. The van der Waals surface area contributed by atoms with E-state index in [1.165, 1.54) is 0 Å². The molecule has 0 aliphatic carbocycles. The number of urea groups is 1. The number of nitrogens with zero attached hydrogens (tertiary/aromatic N) is 1. The molecule has 1 aromatic heterocycles. The molecule has 1 aromatic carbocycles. The first-order valence-corrected chi connectivity index (χ1v) is 6.39. The van der Waals surface area contributed by atoms with Crippen LogP contribution in [0.2, 0.25) is 0 Å². The van der Waals surface area contributed by atoms with Gasteiger partial charge in [0.15, 0.2) is 6.61 Å². The summed E-state index contributed by atoms with van der Waals surface area (Å²) in [6.07, 6.45) is 0. The lowest BCUT2D eigenvalue weighted by atomic mass is 10.2. The predicted octanol–water partition coefficient (Wildman–Crippen LogP) is 1.14. The Morgan fingerprint density at radius 1 is 1.33 bits per heavy atom. The minimum absolute atomic E-state index is 0.0230. The normalized spacial score (nSPS) is 14.3. The Labute approximate surface area is 119 Å². The van der Waals surface area contributed by atoms with E-state index in [0.717, 1.165) is 10.3 Å². The Hall–Kier alpha value is -2.83. The average Bonchev–Trinajstić information content (AvgIpc) is 3.10. The van der Waals surface area contributed by atoms with Gasteiger partial charge in [-0.05, 0) is 12.1 Å². The Balaban J connectivity index is 1.63. The zero-order valence-corrected chi connectivity index (χ0v) is 11.0. The van der Waals surface area contributed by atoms with Crippen molar-refractivity contribution in [1.29, 1.82) is 0 Å². The maximum Gasteiger partial charge on any atom is 0.374 e. The van der Waals surface area contributed by atoms with Crippen molar-refractivity contribution in [2.75, 3.05) is 19.7 Å². The number of para-hydroxylation sites is 1. The van der Waals surface area contributed by atoms with Crippen molar-refractivity contribution in [2.24, 2.45) is 0 Å². The molecular formula is C14H12N2O5. The van der Waals surface area contributed by atoms with Crippen LogP contribution in [0, 0.1) is 0 Å². The second-order valence-electron chi connectivity index (χ2n) is 4.50. The summed E-state index contributed by atoms with van der Waals surface area (Å²) in [5.74, 6) is -1.27. The van der Waals surface area contributed by atoms with Crippen LogP contribution in [-0.4, -0.2) is 42.5 Å². The third kappa shape index (κ3) is 2.58. The molecule has 0 spiro atoms. The lowest BCUT2D eigenvalue weighted by Crippen LogP contribution is -2.37. The molecule has 0 radical (unpaired) electrons. The standard InChI is InChI=1S/C14H12N2O5/c17-12(16-6-5-15-14(16)19)8-20-13(18)11-7-9-3-1-2-4-10(9)21-11/h1-4,7H,5-6,8H2,(H,15,19). The van der Waals surface area contributed by atoms with Gasteiger partial charge in [-0.25, -0.2) is 9.59 Å². The first-order chi connectivity index (χ1) is 10.1. The molecule has 2 aromatic rings. The van der Waals surface area contributed by atoms with Gasteiger partial charge in [0.2, 0.25) is 5.76 Å². The number of benzene rings is 1. The molecule has 0 atom stereocenters. The summed E-state index contributed by atoms with van der Waals surface area (Å²) >= 11 is 0. The molecule has 0 bridgehead atoms. The highest BCUT2D eigenvalue weighted by Gasteiger charge is 2.27. The van der Waals surface area contributed by atoms with Crippen LogP contribution in [0.25, 0.3) is 11.0 Å². The molecule has 1 N–H and O–H groups in total. The van der Waals surface area contributed by atoms with Crippen LogP contribution in [0.15, 0.2) is 34.7 Å². The number of ether oxygens (including phenoxy) is 1. The van der Waals surface area contributed by atoms with E-state index in [0.29, 0.717) is 12.1 Å². The summed E-state index contributed by atoms with van der Waals surface area (Å²) in [4.78, 5) is 35.8. The SMILES string of the molecule is O=C(OCC(=O)N1CCNC1=O)c1cc2ccccc2o1. The number of fused-ring (bicyclic) bond motifs is 1. The molecule has 1 aliphatic rings. The second-order valence-corrected chi connectivity index (χ2v) is 4.50. The molecule has 3 amide bonds. The fourth-order valence-electron chi connectivity index (χ4n) is 2.07. The van der Waals surface area contributed by atoms with E-state index in [9.17, 15) is 14.4 Å². The van der Waals surface area contributed by atoms with E-state index < -0.39 is 24.5 Å². The molecule has 3 rings (SSSR count). The Bertz CT molecular complexity index is 688. The number of amides is 3. The van der Waals surface area contributed by atoms with Crippen molar-refractivity contribution >= 4 is 28.9 Å². The van der Waals surface area contributed by atoms with Crippen molar-refractivity contribution < 1.29 is 23.5 Å². The van der Waals surface area contributed by atoms with Gasteiger partial charge >= 0.3 is 12.0 Å². The molecule has 21 heavy (non-hydrogen) atoms. The van der Waals surface area contributed by atoms with Crippen molar-refractivity contribution in [3.05, 3.63) is 36.1 Å². The summed E-state index contributed by atoms with van der Waals surface area (Å²) in [5, 5.41) is 3.27. The second kappa shape index (κ2) is 5.28. The van der Waals surface area contributed by atoms with Crippen LogP contribution < -0.4 is 5.32 Å². The van der Waals surface area contributed by atoms with Crippen LogP contribution in [0.1, 0.15) is 10.6 Å². The van der Waals surface area contributed by atoms with Gasteiger partial charge in [0.1, 0.15) is 5.58 Å². The van der Waals surface area contributed by atoms with Gasteiger partial charge in [0.25, 0.3) is 5.91 Å². The van der Waals surface area contributed by atoms with E-state index in [-0.39, 0.29) is 12.3 Å². The fraction of sp³-hybridized carbons (Fsp3) is 0.214. The monoisotopic (exact) mass is 288 g/mol.